The van der Waals surface area contributed by atoms with Gasteiger partial charge in [0.2, 0.25) is 0 Å². The van der Waals surface area contributed by atoms with Gasteiger partial charge in [0.05, 0.1) is 11.5 Å². The fourth-order valence-corrected chi connectivity index (χ4v) is 1.67. The Bertz CT molecular complexity index is 348. The lowest BCUT2D eigenvalue weighted by atomic mass is 9.77. The summed E-state index contributed by atoms with van der Waals surface area (Å²) in [5, 5.41) is 9.15. The van der Waals surface area contributed by atoms with Crippen molar-refractivity contribution in [2.75, 3.05) is 0 Å². The van der Waals surface area contributed by atoms with Gasteiger partial charge in [-0.2, -0.15) is 5.26 Å². The first-order chi connectivity index (χ1) is 6.68. The molecule has 0 radical (unpaired) electrons. The predicted molar refractivity (Wildman–Crippen MR) is 54.3 cm³/mol. The van der Waals surface area contributed by atoms with Crippen LogP contribution in [-0.2, 0) is 5.41 Å². The Labute approximate surface area is 84.2 Å². The molecule has 1 rings (SSSR count). The number of hydrogen-bond acceptors (Lipinski definition) is 1. The van der Waals surface area contributed by atoms with Gasteiger partial charge in [-0.05, 0) is 30.5 Å². The molecule has 0 amide bonds. The first-order valence-corrected chi connectivity index (χ1v) is 4.86. The van der Waals surface area contributed by atoms with Gasteiger partial charge in [0, 0.05) is 0 Å². The van der Waals surface area contributed by atoms with Gasteiger partial charge < -0.3 is 0 Å². The second-order valence-corrected chi connectivity index (χ2v) is 3.41. The van der Waals surface area contributed by atoms with Crippen LogP contribution >= 0.6 is 0 Å². The van der Waals surface area contributed by atoms with Gasteiger partial charge in [-0.3, -0.25) is 0 Å². The van der Waals surface area contributed by atoms with E-state index in [0.717, 1.165) is 5.56 Å². The fourth-order valence-electron chi connectivity index (χ4n) is 1.67. The molecule has 1 aromatic carbocycles. The molecule has 1 nitrogen and oxygen atoms in total. The fraction of sp³-hybridized carbons (Fsp3) is 0.417. The number of halogens is 1. The van der Waals surface area contributed by atoms with Gasteiger partial charge in [-0.25, -0.2) is 4.39 Å². The van der Waals surface area contributed by atoms with Crippen molar-refractivity contribution >= 4 is 0 Å². The topological polar surface area (TPSA) is 23.8 Å². The van der Waals surface area contributed by atoms with Crippen LogP contribution < -0.4 is 0 Å². The van der Waals surface area contributed by atoms with E-state index in [4.69, 9.17) is 5.26 Å². The van der Waals surface area contributed by atoms with E-state index in [1.54, 1.807) is 6.07 Å². The molecular weight excluding hydrogens is 177 g/mol. The Morgan fingerprint density at radius 1 is 1.36 bits per heavy atom. The van der Waals surface area contributed by atoms with Crippen molar-refractivity contribution in [1.29, 1.82) is 5.26 Å². The number of hydrogen-bond donors (Lipinski definition) is 0. The zero-order chi connectivity index (χ0) is 10.6. The summed E-state index contributed by atoms with van der Waals surface area (Å²) in [6, 6.07) is 8.62. The highest BCUT2D eigenvalue weighted by Crippen LogP contribution is 2.30. The summed E-state index contributed by atoms with van der Waals surface area (Å²) in [5.74, 6) is -0.274. The molecule has 74 valence electrons. The summed E-state index contributed by atoms with van der Waals surface area (Å²) in [5.41, 5.74) is 0.257. The molecule has 0 unspecified atom stereocenters. The third-order valence-electron chi connectivity index (χ3n) is 2.80. The molecule has 0 saturated carbocycles. The minimum atomic E-state index is -0.526. The average molecular weight is 191 g/mol. The molecule has 0 spiro atoms. The van der Waals surface area contributed by atoms with E-state index in [2.05, 4.69) is 6.07 Å². The zero-order valence-corrected chi connectivity index (χ0v) is 8.55. The highest BCUT2D eigenvalue weighted by atomic mass is 19.1. The molecule has 0 aliphatic heterocycles. The molecule has 0 atom stereocenters. The molecule has 0 heterocycles. The van der Waals surface area contributed by atoms with Crippen LogP contribution in [0, 0.1) is 17.1 Å². The highest BCUT2D eigenvalue weighted by Gasteiger charge is 2.28. The normalized spacial score (nSPS) is 11.0. The molecule has 14 heavy (non-hydrogen) atoms. The minimum Gasteiger partial charge on any atom is -0.207 e. The van der Waals surface area contributed by atoms with E-state index in [1.165, 1.54) is 12.1 Å². The van der Waals surface area contributed by atoms with Crippen molar-refractivity contribution in [3.8, 4) is 6.07 Å². The Morgan fingerprint density at radius 3 is 2.43 bits per heavy atom. The van der Waals surface area contributed by atoms with E-state index in [1.807, 2.05) is 19.9 Å². The number of nitrogens with zero attached hydrogens (tertiary/aromatic N) is 1. The molecule has 0 aliphatic carbocycles. The van der Waals surface area contributed by atoms with Gasteiger partial charge in [0.1, 0.15) is 5.82 Å². The predicted octanol–water partition coefficient (Wildman–Crippen LogP) is 3.41. The third-order valence-corrected chi connectivity index (χ3v) is 2.80. The second kappa shape index (κ2) is 4.23. The van der Waals surface area contributed by atoms with Crippen LogP contribution in [0.25, 0.3) is 0 Å². The van der Waals surface area contributed by atoms with Crippen LogP contribution in [0.1, 0.15) is 32.3 Å². The Kier molecular flexibility index (Phi) is 3.24. The van der Waals surface area contributed by atoms with Crippen molar-refractivity contribution in [2.24, 2.45) is 0 Å². The number of nitriles is 1. The van der Waals surface area contributed by atoms with E-state index in [-0.39, 0.29) is 5.82 Å². The Hall–Kier alpha value is -1.36. The van der Waals surface area contributed by atoms with E-state index < -0.39 is 5.41 Å². The van der Waals surface area contributed by atoms with E-state index in [9.17, 15) is 4.39 Å². The summed E-state index contributed by atoms with van der Waals surface area (Å²) >= 11 is 0. The standard InChI is InChI=1S/C12H14FN/c1-3-12(4-2,9-14)10-6-5-7-11(13)8-10/h5-8H,3-4H2,1-2H3. The Balaban J connectivity index is 3.19. The summed E-state index contributed by atoms with van der Waals surface area (Å²) in [4.78, 5) is 0. The molecule has 2 heteroatoms. The first kappa shape index (κ1) is 10.7. The van der Waals surface area contributed by atoms with Crippen molar-refractivity contribution in [3.63, 3.8) is 0 Å². The van der Waals surface area contributed by atoms with Gasteiger partial charge in [-0.15, -0.1) is 0 Å². The molecule has 0 aliphatic rings. The first-order valence-electron chi connectivity index (χ1n) is 4.86. The van der Waals surface area contributed by atoms with Gasteiger partial charge in [0.15, 0.2) is 0 Å². The van der Waals surface area contributed by atoms with E-state index >= 15 is 0 Å². The van der Waals surface area contributed by atoms with Crippen LogP contribution in [0.4, 0.5) is 4.39 Å². The summed E-state index contributed by atoms with van der Waals surface area (Å²) in [6.45, 7) is 3.91. The van der Waals surface area contributed by atoms with Crippen molar-refractivity contribution in [1.82, 2.24) is 0 Å². The monoisotopic (exact) mass is 191 g/mol. The molecule has 0 bridgehead atoms. The lowest BCUT2D eigenvalue weighted by Crippen LogP contribution is -2.21. The quantitative estimate of drug-likeness (QED) is 0.718. The minimum absolute atomic E-state index is 0.274. The summed E-state index contributed by atoms with van der Waals surface area (Å²) < 4.78 is 13.0. The van der Waals surface area contributed by atoms with Crippen molar-refractivity contribution in [2.45, 2.75) is 32.1 Å². The molecule has 0 N–H and O–H groups in total. The second-order valence-electron chi connectivity index (χ2n) is 3.41. The molecule has 0 aromatic heterocycles. The van der Waals surface area contributed by atoms with Gasteiger partial charge >= 0.3 is 0 Å². The molecule has 0 saturated heterocycles. The SMILES string of the molecule is CCC(C#N)(CC)c1cccc(F)c1. The number of rotatable bonds is 3. The zero-order valence-electron chi connectivity index (χ0n) is 8.55. The highest BCUT2D eigenvalue weighted by molar-refractivity contribution is 5.32. The Morgan fingerprint density at radius 2 is 2.00 bits per heavy atom. The summed E-state index contributed by atoms with van der Waals surface area (Å²) in [6.07, 6.45) is 1.42. The van der Waals surface area contributed by atoms with Gasteiger partial charge in [-0.1, -0.05) is 26.0 Å². The van der Waals surface area contributed by atoms with Crippen LogP contribution in [0.15, 0.2) is 24.3 Å². The van der Waals surface area contributed by atoms with Crippen LogP contribution in [-0.4, -0.2) is 0 Å². The molecular formula is C12H14FN. The lowest BCUT2D eigenvalue weighted by Gasteiger charge is -2.23. The van der Waals surface area contributed by atoms with Gasteiger partial charge in [0.25, 0.3) is 0 Å². The maximum Gasteiger partial charge on any atom is 0.123 e. The molecule has 0 fully saturated rings. The third kappa shape index (κ3) is 1.77. The van der Waals surface area contributed by atoms with E-state index in [0.29, 0.717) is 12.8 Å². The van der Waals surface area contributed by atoms with Crippen LogP contribution in [0.3, 0.4) is 0 Å². The molecule has 1 aromatic rings. The maximum absolute atomic E-state index is 13.0. The van der Waals surface area contributed by atoms with Crippen LogP contribution in [0.2, 0.25) is 0 Å². The van der Waals surface area contributed by atoms with Crippen LogP contribution in [0.5, 0.6) is 0 Å². The average Bonchev–Trinajstić information content (AvgIpc) is 2.22. The number of benzene rings is 1. The maximum atomic E-state index is 13.0. The summed E-state index contributed by atoms with van der Waals surface area (Å²) in [7, 11) is 0. The van der Waals surface area contributed by atoms with Crippen molar-refractivity contribution in [3.05, 3.63) is 35.6 Å². The lowest BCUT2D eigenvalue weighted by molar-refractivity contribution is 0.505. The largest absolute Gasteiger partial charge is 0.207 e. The smallest absolute Gasteiger partial charge is 0.123 e. The van der Waals surface area contributed by atoms with Crippen molar-refractivity contribution < 1.29 is 4.39 Å².